The van der Waals surface area contributed by atoms with E-state index in [2.05, 4.69) is 11.9 Å². The Hall–Kier alpha value is -4.59. The van der Waals surface area contributed by atoms with E-state index in [9.17, 15) is 19.5 Å². The molecule has 2 N–H and O–H groups in total. The van der Waals surface area contributed by atoms with E-state index in [1.807, 2.05) is 66.7 Å². The molecule has 2 amide bonds. The van der Waals surface area contributed by atoms with Crippen molar-refractivity contribution in [1.29, 1.82) is 0 Å². The van der Waals surface area contributed by atoms with Crippen LogP contribution in [0.3, 0.4) is 0 Å². The van der Waals surface area contributed by atoms with E-state index >= 15 is 0 Å². The second kappa shape index (κ2) is 12.6. The van der Waals surface area contributed by atoms with Gasteiger partial charge in [0.1, 0.15) is 19.3 Å². The van der Waals surface area contributed by atoms with Crippen molar-refractivity contribution >= 4 is 18.2 Å². The van der Waals surface area contributed by atoms with Gasteiger partial charge in [-0.15, -0.1) is 0 Å². The Balaban J connectivity index is 1.51. The molecule has 0 bridgehead atoms. The van der Waals surface area contributed by atoms with Gasteiger partial charge in [-0.1, -0.05) is 91.5 Å². The van der Waals surface area contributed by atoms with E-state index in [1.54, 1.807) is 12.1 Å². The quantitative estimate of drug-likeness (QED) is 0.355. The number of ether oxygens (including phenoxy) is 2. The Morgan fingerprint density at radius 2 is 1.53 bits per heavy atom. The summed E-state index contributed by atoms with van der Waals surface area (Å²) in [6.45, 7) is 3.48. The number of hydrogen-bond acceptors (Lipinski definition) is 5. The van der Waals surface area contributed by atoms with Gasteiger partial charge in [-0.2, -0.15) is 0 Å². The van der Waals surface area contributed by atoms with Gasteiger partial charge >= 0.3 is 18.2 Å². The highest BCUT2D eigenvalue weighted by molar-refractivity contribution is 5.81. The van der Waals surface area contributed by atoms with Gasteiger partial charge in [0, 0.05) is 25.4 Å². The van der Waals surface area contributed by atoms with Gasteiger partial charge in [-0.05, 0) is 27.8 Å². The van der Waals surface area contributed by atoms with Crippen LogP contribution in [0.1, 0.15) is 22.6 Å². The molecule has 0 aromatic heterocycles. The number of nitrogens with one attached hydrogen (secondary N) is 1. The summed E-state index contributed by atoms with van der Waals surface area (Å²) in [4.78, 5) is 38.7. The Labute approximate surface area is 221 Å². The first kappa shape index (κ1) is 26.5. The minimum atomic E-state index is -1.20. The second-order valence-corrected chi connectivity index (χ2v) is 8.86. The average Bonchev–Trinajstić information content (AvgIpc) is 3.26. The second-order valence-electron chi connectivity index (χ2n) is 8.86. The number of fused-ring (bicyclic) bond motifs is 3. The molecule has 8 heteroatoms. The first-order chi connectivity index (χ1) is 18.5. The molecule has 8 nitrogen and oxygen atoms in total. The molecule has 0 aliphatic heterocycles. The molecule has 1 aliphatic rings. The summed E-state index contributed by atoms with van der Waals surface area (Å²) in [5.41, 5.74) is 5.05. The smallest absolute Gasteiger partial charge is 0.410 e. The summed E-state index contributed by atoms with van der Waals surface area (Å²) >= 11 is 0. The van der Waals surface area contributed by atoms with Crippen LogP contribution < -0.4 is 5.32 Å². The summed E-state index contributed by atoms with van der Waals surface area (Å²) < 4.78 is 10.7. The number of carbonyl (C=O) groups is 3. The van der Waals surface area contributed by atoms with Gasteiger partial charge in [-0.25, -0.2) is 14.4 Å². The lowest BCUT2D eigenvalue weighted by atomic mass is 9.98. The molecule has 0 fully saturated rings. The third kappa shape index (κ3) is 6.21. The maximum atomic E-state index is 13.4. The minimum Gasteiger partial charge on any atom is -0.480 e. The van der Waals surface area contributed by atoms with Crippen LogP contribution in [-0.4, -0.2) is 60.5 Å². The number of nitrogens with zero attached hydrogens (tertiary/aromatic N) is 1. The van der Waals surface area contributed by atoms with E-state index in [4.69, 9.17) is 9.47 Å². The number of carbonyl (C=O) groups excluding carboxylic acids is 2. The molecule has 1 atom stereocenters. The highest BCUT2D eigenvalue weighted by Gasteiger charge is 2.33. The van der Waals surface area contributed by atoms with Gasteiger partial charge in [0.15, 0.2) is 0 Å². The number of carboxylic acids is 1. The van der Waals surface area contributed by atoms with Crippen molar-refractivity contribution in [2.75, 3.05) is 26.3 Å². The molecule has 0 spiro atoms. The van der Waals surface area contributed by atoms with Gasteiger partial charge in [0.05, 0.1) is 0 Å². The number of benzene rings is 3. The van der Waals surface area contributed by atoms with E-state index in [-0.39, 0.29) is 38.6 Å². The van der Waals surface area contributed by atoms with Gasteiger partial charge in [0.2, 0.25) is 0 Å². The molecule has 0 unspecified atom stereocenters. The summed E-state index contributed by atoms with van der Waals surface area (Å²) in [6, 6.07) is 23.8. The lowest BCUT2D eigenvalue weighted by Gasteiger charge is -2.29. The third-order valence-electron chi connectivity index (χ3n) is 6.46. The molecule has 196 valence electrons. The number of rotatable bonds is 11. The fraction of sp³-hybridized carbons (Fsp3) is 0.233. The van der Waals surface area contributed by atoms with Gasteiger partial charge in [0.25, 0.3) is 0 Å². The minimum absolute atomic E-state index is 0.0151. The van der Waals surface area contributed by atoms with Crippen LogP contribution in [0.4, 0.5) is 9.59 Å². The Bertz CT molecular complexity index is 1250. The molecule has 0 radical (unpaired) electrons. The molecule has 3 aromatic carbocycles. The topological polar surface area (TPSA) is 105 Å². The molecular formula is C30H30N2O6. The lowest BCUT2D eigenvalue weighted by Crippen LogP contribution is -2.49. The highest BCUT2D eigenvalue weighted by Crippen LogP contribution is 2.44. The zero-order chi connectivity index (χ0) is 26.9. The van der Waals surface area contributed by atoms with Crippen molar-refractivity contribution in [1.82, 2.24) is 10.2 Å². The lowest BCUT2D eigenvalue weighted by molar-refractivity contribution is -0.142. The Morgan fingerprint density at radius 3 is 2.13 bits per heavy atom. The van der Waals surface area contributed by atoms with E-state index in [0.717, 1.165) is 32.7 Å². The summed E-state index contributed by atoms with van der Waals surface area (Å²) in [5.74, 6) is -1.34. The van der Waals surface area contributed by atoms with Crippen LogP contribution in [0.2, 0.25) is 0 Å². The van der Waals surface area contributed by atoms with Gasteiger partial charge in [-0.3, -0.25) is 4.90 Å². The molecular weight excluding hydrogens is 484 g/mol. The van der Waals surface area contributed by atoms with Crippen molar-refractivity contribution in [2.45, 2.75) is 18.4 Å². The largest absolute Gasteiger partial charge is 0.480 e. The van der Waals surface area contributed by atoms with Crippen LogP contribution in [-0.2, 0) is 20.7 Å². The van der Waals surface area contributed by atoms with Crippen molar-refractivity contribution in [2.24, 2.45) is 0 Å². The van der Waals surface area contributed by atoms with Crippen molar-refractivity contribution in [3.63, 3.8) is 0 Å². The van der Waals surface area contributed by atoms with Crippen LogP contribution in [0.15, 0.2) is 91.5 Å². The zero-order valence-corrected chi connectivity index (χ0v) is 20.9. The Morgan fingerprint density at radius 1 is 0.921 bits per heavy atom. The average molecular weight is 515 g/mol. The SMILES string of the molecule is C=CCOC(=O)NCCN(C(=O)OCC1c2ccccc2-c2ccccc21)[C@@H](Cc1ccccc1)C(=O)O. The molecule has 4 rings (SSSR count). The third-order valence-corrected chi connectivity index (χ3v) is 6.46. The fourth-order valence-electron chi connectivity index (χ4n) is 4.68. The van der Waals surface area contributed by atoms with Crippen LogP contribution in [0, 0.1) is 0 Å². The monoisotopic (exact) mass is 514 g/mol. The van der Waals surface area contributed by atoms with Crippen LogP contribution in [0.5, 0.6) is 0 Å². The molecule has 0 saturated carbocycles. The summed E-state index contributed by atoms with van der Waals surface area (Å²) in [6.07, 6.45) is 0.0632. The van der Waals surface area contributed by atoms with Crippen molar-refractivity contribution < 1.29 is 29.0 Å². The first-order valence-electron chi connectivity index (χ1n) is 12.4. The normalized spacial score (nSPS) is 12.5. The van der Waals surface area contributed by atoms with Crippen molar-refractivity contribution in [3.05, 3.63) is 108 Å². The van der Waals surface area contributed by atoms with Crippen LogP contribution in [0.25, 0.3) is 11.1 Å². The number of carboxylic acid groups (broad SMARTS) is 1. The predicted molar refractivity (Wildman–Crippen MR) is 143 cm³/mol. The standard InChI is InChI=1S/C30H30N2O6/c1-2-18-37-29(35)31-16-17-32(27(28(33)34)19-21-10-4-3-5-11-21)30(36)38-20-26-24-14-8-6-12-22(24)23-13-7-9-15-25(23)26/h2-15,26-27H,1,16-20H2,(H,31,35)(H,33,34)/t27-/m0/s1. The number of alkyl carbamates (subject to hydrolysis) is 1. The number of amides is 2. The fourth-order valence-corrected chi connectivity index (χ4v) is 4.68. The maximum absolute atomic E-state index is 13.4. The first-order valence-corrected chi connectivity index (χ1v) is 12.4. The Kier molecular flexibility index (Phi) is 8.77. The van der Waals surface area contributed by atoms with Gasteiger partial charge < -0.3 is 19.9 Å². The maximum Gasteiger partial charge on any atom is 0.410 e. The highest BCUT2D eigenvalue weighted by atomic mass is 16.6. The van der Waals surface area contributed by atoms with E-state index in [1.165, 1.54) is 6.08 Å². The molecule has 0 saturated heterocycles. The predicted octanol–water partition coefficient (Wildman–Crippen LogP) is 4.85. The number of aliphatic carboxylic acids is 1. The summed E-state index contributed by atoms with van der Waals surface area (Å²) in [5, 5.41) is 12.6. The molecule has 3 aromatic rings. The van der Waals surface area contributed by atoms with Crippen molar-refractivity contribution in [3.8, 4) is 11.1 Å². The summed E-state index contributed by atoms with van der Waals surface area (Å²) in [7, 11) is 0. The van der Waals surface area contributed by atoms with E-state index < -0.39 is 24.2 Å². The molecule has 38 heavy (non-hydrogen) atoms. The van der Waals surface area contributed by atoms with E-state index in [0.29, 0.717) is 0 Å². The number of hydrogen-bond donors (Lipinski definition) is 2. The van der Waals surface area contributed by atoms with Crippen LogP contribution >= 0.6 is 0 Å². The molecule has 1 aliphatic carbocycles. The molecule has 0 heterocycles. The zero-order valence-electron chi connectivity index (χ0n) is 20.9.